The van der Waals surface area contributed by atoms with Crippen molar-refractivity contribution in [3.8, 4) is 11.3 Å². The van der Waals surface area contributed by atoms with Crippen LogP contribution in [-0.2, 0) is 4.79 Å². The largest absolute Gasteiger partial charge is 0.337 e. The highest BCUT2D eigenvalue weighted by molar-refractivity contribution is 8.01. The fourth-order valence-corrected chi connectivity index (χ4v) is 4.15. The Balaban J connectivity index is 1.99. The number of thiazole rings is 1. The van der Waals surface area contributed by atoms with Crippen LogP contribution in [0.1, 0.15) is 27.7 Å². The maximum atomic E-state index is 13.0. The van der Waals surface area contributed by atoms with Crippen LogP contribution in [0.3, 0.4) is 0 Å². The van der Waals surface area contributed by atoms with E-state index in [1.807, 2.05) is 38.0 Å². The van der Waals surface area contributed by atoms with Gasteiger partial charge in [0.1, 0.15) is 5.82 Å². The maximum Gasteiger partial charge on any atom is 0.233 e. The number of aromatic nitrogens is 1. The lowest BCUT2D eigenvalue weighted by molar-refractivity contribution is -0.131. The molecule has 23 heavy (non-hydrogen) atoms. The molecule has 1 aromatic heterocycles. The van der Waals surface area contributed by atoms with E-state index in [0.717, 1.165) is 15.6 Å². The van der Waals surface area contributed by atoms with E-state index in [2.05, 4.69) is 4.98 Å². The molecule has 0 unspecified atom stereocenters. The average Bonchev–Trinajstić information content (AvgIpc) is 2.94. The van der Waals surface area contributed by atoms with Gasteiger partial charge in [0.25, 0.3) is 0 Å². The summed E-state index contributed by atoms with van der Waals surface area (Å²) in [6, 6.07) is 6.65. The number of benzene rings is 1. The first kappa shape index (κ1) is 17.9. The number of nitrogens with zero attached hydrogens (tertiary/aromatic N) is 2. The molecule has 1 amide bonds. The minimum atomic E-state index is -0.258. The second-order valence-corrected chi connectivity index (χ2v) is 7.86. The lowest BCUT2D eigenvalue weighted by Gasteiger charge is -2.30. The van der Waals surface area contributed by atoms with E-state index in [9.17, 15) is 9.18 Å². The molecule has 2 rings (SSSR count). The zero-order valence-electron chi connectivity index (χ0n) is 13.7. The second kappa shape index (κ2) is 7.93. The van der Waals surface area contributed by atoms with Crippen LogP contribution in [-0.4, -0.2) is 33.6 Å². The summed E-state index contributed by atoms with van der Waals surface area (Å²) in [5.74, 6) is 0.248. The molecule has 3 nitrogen and oxygen atoms in total. The van der Waals surface area contributed by atoms with Gasteiger partial charge in [0, 0.05) is 23.0 Å². The van der Waals surface area contributed by atoms with Crippen molar-refractivity contribution >= 4 is 29.0 Å². The number of hydrogen-bond donors (Lipinski definition) is 0. The van der Waals surface area contributed by atoms with Crippen molar-refractivity contribution in [3.63, 3.8) is 0 Å². The quantitative estimate of drug-likeness (QED) is 0.707. The summed E-state index contributed by atoms with van der Waals surface area (Å²) in [5, 5.41) is 1.93. The van der Waals surface area contributed by atoms with Gasteiger partial charge in [-0.15, -0.1) is 11.3 Å². The van der Waals surface area contributed by atoms with Crippen LogP contribution >= 0.6 is 23.1 Å². The van der Waals surface area contributed by atoms with Gasteiger partial charge >= 0.3 is 0 Å². The maximum absolute atomic E-state index is 13.0. The highest BCUT2D eigenvalue weighted by Gasteiger charge is 2.20. The van der Waals surface area contributed by atoms with E-state index in [0.29, 0.717) is 5.75 Å². The molecule has 0 aliphatic rings. The molecule has 0 fully saturated rings. The monoisotopic (exact) mass is 352 g/mol. The van der Waals surface area contributed by atoms with Crippen molar-refractivity contribution in [2.24, 2.45) is 0 Å². The van der Waals surface area contributed by atoms with Crippen molar-refractivity contribution < 1.29 is 9.18 Å². The number of rotatable bonds is 6. The summed E-state index contributed by atoms with van der Waals surface area (Å²) in [7, 11) is 0. The van der Waals surface area contributed by atoms with Crippen LogP contribution in [0.4, 0.5) is 4.39 Å². The van der Waals surface area contributed by atoms with E-state index in [-0.39, 0.29) is 23.8 Å². The molecule has 0 saturated heterocycles. The number of carbonyl (C=O) groups is 1. The van der Waals surface area contributed by atoms with Crippen LogP contribution in [0, 0.1) is 5.82 Å². The first-order valence-electron chi connectivity index (χ1n) is 7.54. The number of carbonyl (C=O) groups excluding carboxylic acids is 1. The third-order valence-corrected chi connectivity index (χ3v) is 5.35. The number of hydrogen-bond acceptors (Lipinski definition) is 4. The molecule has 0 aliphatic carbocycles. The lowest BCUT2D eigenvalue weighted by atomic mass is 10.2. The molecular formula is C17H21FN2OS2. The minimum Gasteiger partial charge on any atom is -0.337 e. The van der Waals surface area contributed by atoms with Gasteiger partial charge in [-0.05, 0) is 52.0 Å². The molecule has 1 heterocycles. The summed E-state index contributed by atoms with van der Waals surface area (Å²) in [4.78, 5) is 18.8. The van der Waals surface area contributed by atoms with Gasteiger partial charge in [-0.1, -0.05) is 11.8 Å². The molecule has 6 heteroatoms. The van der Waals surface area contributed by atoms with Crippen LogP contribution in [0.5, 0.6) is 0 Å². The van der Waals surface area contributed by atoms with Crippen molar-refractivity contribution in [2.45, 2.75) is 44.1 Å². The standard InChI is InChI=1S/C17H21FN2OS2/c1-11(2)20(12(3)4)16(21)10-23-17-19-15(9-22-17)13-5-7-14(18)8-6-13/h5-9,11-12H,10H2,1-4H3. The topological polar surface area (TPSA) is 33.2 Å². The predicted molar refractivity (Wildman–Crippen MR) is 95.4 cm³/mol. The van der Waals surface area contributed by atoms with E-state index in [1.54, 1.807) is 12.1 Å². The minimum absolute atomic E-state index is 0.124. The number of halogens is 1. The fourth-order valence-electron chi connectivity index (χ4n) is 2.45. The zero-order valence-corrected chi connectivity index (χ0v) is 15.4. The van der Waals surface area contributed by atoms with E-state index < -0.39 is 0 Å². The SMILES string of the molecule is CC(C)N(C(=O)CSc1nc(-c2ccc(F)cc2)cs1)C(C)C. The summed E-state index contributed by atoms with van der Waals surface area (Å²) in [5.41, 5.74) is 1.70. The van der Waals surface area contributed by atoms with E-state index in [4.69, 9.17) is 0 Å². The average molecular weight is 353 g/mol. The predicted octanol–water partition coefficient (Wildman–Crippen LogP) is 4.69. The Kier molecular flexibility index (Phi) is 6.18. The molecule has 0 radical (unpaired) electrons. The normalized spacial score (nSPS) is 11.3. The molecular weight excluding hydrogens is 331 g/mol. The van der Waals surface area contributed by atoms with Gasteiger partial charge < -0.3 is 4.90 Å². The molecule has 0 bridgehead atoms. The lowest BCUT2D eigenvalue weighted by Crippen LogP contribution is -2.43. The van der Waals surface area contributed by atoms with E-state index in [1.165, 1.54) is 35.2 Å². The van der Waals surface area contributed by atoms with E-state index >= 15 is 0 Å². The summed E-state index contributed by atoms with van der Waals surface area (Å²) < 4.78 is 13.8. The van der Waals surface area contributed by atoms with Gasteiger partial charge in [-0.2, -0.15) is 0 Å². The Labute approximate surface area is 144 Å². The van der Waals surface area contributed by atoms with Crippen molar-refractivity contribution in [3.05, 3.63) is 35.5 Å². The molecule has 2 aromatic rings. The third kappa shape index (κ3) is 4.78. The highest BCUT2D eigenvalue weighted by atomic mass is 32.2. The third-order valence-electron chi connectivity index (χ3n) is 3.34. The molecule has 0 aliphatic heterocycles. The Hall–Kier alpha value is -1.40. The van der Waals surface area contributed by atoms with Crippen LogP contribution < -0.4 is 0 Å². The Bertz CT molecular complexity index is 645. The van der Waals surface area contributed by atoms with Crippen LogP contribution in [0.2, 0.25) is 0 Å². The molecule has 124 valence electrons. The van der Waals surface area contributed by atoms with Crippen LogP contribution in [0.25, 0.3) is 11.3 Å². The number of thioether (sulfide) groups is 1. The molecule has 0 N–H and O–H groups in total. The second-order valence-electron chi connectivity index (χ2n) is 5.78. The summed E-state index contributed by atoms with van der Waals surface area (Å²) >= 11 is 2.96. The molecule has 0 saturated carbocycles. The molecule has 1 aromatic carbocycles. The number of amides is 1. The first-order chi connectivity index (χ1) is 10.9. The van der Waals surface area contributed by atoms with Crippen molar-refractivity contribution in [2.75, 3.05) is 5.75 Å². The molecule has 0 spiro atoms. The zero-order chi connectivity index (χ0) is 17.0. The van der Waals surface area contributed by atoms with Gasteiger partial charge in [0.15, 0.2) is 4.34 Å². The van der Waals surface area contributed by atoms with Gasteiger partial charge in [0.2, 0.25) is 5.91 Å². The highest BCUT2D eigenvalue weighted by Crippen LogP contribution is 2.28. The van der Waals surface area contributed by atoms with Crippen molar-refractivity contribution in [1.29, 1.82) is 0 Å². The van der Waals surface area contributed by atoms with Crippen molar-refractivity contribution in [1.82, 2.24) is 9.88 Å². The van der Waals surface area contributed by atoms with Gasteiger partial charge in [0.05, 0.1) is 11.4 Å². The van der Waals surface area contributed by atoms with Gasteiger partial charge in [-0.3, -0.25) is 4.79 Å². The molecule has 0 atom stereocenters. The first-order valence-corrected chi connectivity index (χ1v) is 9.40. The Morgan fingerprint density at radius 1 is 1.22 bits per heavy atom. The summed E-state index contributed by atoms with van der Waals surface area (Å²) in [6.07, 6.45) is 0. The smallest absolute Gasteiger partial charge is 0.233 e. The fraction of sp³-hybridized carbons (Fsp3) is 0.412. The Morgan fingerprint density at radius 3 is 2.39 bits per heavy atom. The summed E-state index contributed by atoms with van der Waals surface area (Å²) in [6.45, 7) is 8.11. The Morgan fingerprint density at radius 2 is 1.83 bits per heavy atom. The van der Waals surface area contributed by atoms with Crippen LogP contribution in [0.15, 0.2) is 34.0 Å². The van der Waals surface area contributed by atoms with Gasteiger partial charge in [-0.25, -0.2) is 9.37 Å².